The molecule has 1 heterocycles. The van der Waals surface area contributed by atoms with Crippen LogP contribution in [0.3, 0.4) is 0 Å². The molecule has 128 valence electrons. The van der Waals surface area contributed by atoms with Crippen LogP contribution in [-0.4, -0.2) is 18.7 Å². The maximum absolute atomic E-state index is 13.6. The van der Waals surface area contributed by atoms with E-state index in [1.807, 2.05) is 42.4 Å². The van der Waals surface area contributed by atoms with E-state index in [4.69, 9.17) is 0 Å². The van der Waals surface area contributed by atoms with Gasteiger partial charge < -0.3 is 5.32 Å². The van der Waals surface area contributed by atoms with Crippen LogP contribution < -0.4 is 10.3 Å². The van der Waals surface area contributed by atoms with Gasteiger partial charge in [-0.2, -0.15) is 5.10 Å². The van der Waals surface area contributed by atoms with Gasteiger partial charge >= 0.3 is 0 Å². The number of nitrogens with zero attached hydrogens (tertiary/aromatic N) is 2. The highest BCUT2D eigenvalue weighted by Gasteiger charge is 2.12. The summed E-state index contributed by atoms with van der Waals surface area (Å²) in [5, 5.41) is 9.15. The molecular weight excluding hydrogens is 317 g/mol. The Morgan fingerprint density at radius 1 is 1.28 bits per heavy atom. The van der Waals surface area contributed by atoms with Gasteiger partial charge in [0.15, 0.2) is 0 Å². The van der Waals surface area contributed by atoms with Crippen LogP contribution in [0.1, 0.15) is 30.5 Å². The minimum absolute atomic E-state index is 0.163. The summed E-state index contributed by atoms with van der Waals surface area (Å²) in [6.07, 6.45) is 5.67. The lowest BCUT2D eigenvalue weighted by Crippen LogP contribution is -2.24. The number of hydrazone groups is 1. The molecule has 0 saturated carbocycles. The van der Waals surface area contributed by atoms with Crippen LogP contribution in [0, 0.1) is 5.82 Å². The summed E-state index contributed by atoms with van der Waals surface area (Å²) in [5.41, 5.74) is 2.39. The zero-order valence-corrected chi connectivity index (χ0v) is 14.0. The molecule has 0 radical (unpaired) electrons. The van der Waals surface area contributed by atoms with Gasteiger partial charge in [0.25, 0.3) is 0 Å². The molecule has 1 atom stereocenters. The predicted molar refractivity (Wildman–Crippen MR) is 98.9 cm³/mol. The lowest BCUT2D eigenvalue weighted by Gasteiger charge is -2.18. The van der Waals surface area contributed by atoms with Crippen molar-refractivity contribution in [3.8, 4) is 0 Å². The highest BCUT2D eigenvalue weighted by atomic mass is 19.1. The van der Waals surface area contributed by atoms with Crippen LogP contribution in [0.25, 0.3) is 6.08 Å². The summed E-state index contributed by atoms with van der Waals surface area (Å²) in [5.74, 6) is -0.612. The molecule has 1 aliphatic rings. The smallest absolute Gasteiger partial charge is 0.244 e. The lowest BCUT2D eigenvalue weighted by molar-refractivity contribution is -0.117. The maximum Gasteiger partial charge on any atom is 0.244 e. The SMILES string of the molecule is C[C@H](NC(=O)/C=C/c1ccccc1F)c1cccc(N2CCC=N2)c1. The minimum Gasteiger partial charge on any atom is -0.346 e. The molecule has 0 fully saturated rings. The quantitative estimate of drug-likeness (QED) is 0.841. The number of carbonyl (C=O) groups is 1. The van der Waals surface area contributed by atoms with Crippen LogP contribution in [0.5, 0.6) is 0 Å². The Balaban J connectivity index is 1.64. The van der Waals surface area contributed by atoms with Crippen molar-refractivity contribution in [1.82, 2.24) is 5.32 Å². The van der Waals surface area contributed by atoms with Gasteiger partial charge in [-0.15, -0.1) is 0 Å². The summed E-state index contributed by atoms with van der Waals surface area (Å²) in [6, 6.07) is 14.1. The first-order valence-electron chi connectivity index (χ1n) is 8.26. The second-order valence-electron chi connectivity index (χ2n) is 5.89. The number of nitrogens with one attached hydrogen (secondary N) is 1. The average molecular weight is 337 g/mol. The number of hydrogen-bond donors (Lipinski definition) is 1. The van der Waals surface area contributed by atoms with E-state index in [2.05, 4.69) is 10.4 Å². The summed E-state index contributed by atoms with van der Waals surface area (Å²) in [6.45, 7) is 2.79. The molecule has 1 N–H and O–H groups in total. The molecule has 3 rings (SSSR count). The number of hydrogen-bond acceptors (Lipinski definition) is 3. The number of benzene rings is 2. The van der Waals surface area contributed by atoms with E-state index in [9.17, 15) is 9.18 Å². The Labute approximate surface area is 146 Å². The van der Waals surface area contributed by atoms with E-state index < -0.39 is 0 Å². The Hall–Kier alpha value is -2.95. The number of carbonyl (C=O) groups excluding carboxylic acids is 1. The molecule has 1 aliphatic heterocycles. The Morgan fingerprint density at radius 3 is 2.88 bits per heavy atom. The number of amides is 1. The van der Waals surface area contributed by atoms with E-state index in [1.165, 1.54) is 18.2 Å². The fraction of sp³-hybridized carbons (Fsp3) is 0.200. The molecule has 0 aliphatic carbocycles. The summed E-state index contributed by atoms with van der Waals surface area (Å²) < 4.78 is 13.6. The van der Waals surface area contributed by atoms with Gasteiger partial charge in [-0.25, -0.2) is 4.39 Å². The van der Waals surface area contributed by atoms with Crippen molar-refractivity contribution in [1.29, 1.82) is 0 Å². The fourth-order valence-corrected chi connectivity index (χ4v) is 2.67. The number of halogens is 1. The third kappa shape index (κ3) is 4.32. The Kier molecular flexibility index (Phi) is 5.23. The Morgan fingerprint density at radius 2 is 2.12 bits per heavy atom. The standard InChI is InChI=1S/C20H20FN3O/c1-15(17-7-4-8-18(14-17)24-13-5-12-22-24)23-20(25)11-10-16-6-2-3-9-19(16)21/h2-4,6-12,14-15H,5,13H2,1H3,(H,23,25)/b11-10+/t15-/m0/s1. The molecule has 0 aromatic heterocycles. The second-order valence-corrected chi connectivity index (χ2v) is 5.89. The highest BCUT2D eigenvalue weighted by molar-refractivity contribution is 5.92. The molecule has 25 heavy (non-hydrogen) atoms. The molecular formula is C20H20FN3O. The monoisotopic (exact) mass is 337 g/mol. The van der Waals surface area contributed by atoms with Crippen molar-refractivity contribution in [3.05, 3.63) is 71.6 Å². The van der Waals surface area contributed by atoms with Gasteiger partial charge in [0.05, 0.1) is 11.7 Å². The van der Waals surface area contributed by atoms with E-state index in [0.717, 1.165) is 24.2 Å². The topological polar surface area (TPSA) is 44.7 Å². The third-order valence-electron chi connectivity index (χ3n) is 4.04. The summed E-state index contributed by atoms with van der Waals surface area (Å²) in [4.78, 5) is 12.1. The molecule has 5 heteroatoms. The van der Waals surface area contributed by atoms with E-state index >= 15 is 0 Å². The normalized spacial score (nSPS) is 14.9. The summed E-state index contributed by atoms with van der Waals surface area (Å²) >= 11 is 0. The van der Waals surface area contributed by atoms with Gasteiger partial charge in [0.2, 0.25) is 5.91 Å². The third-order valence-corrected chi connectivity index (χ3v) is 4.04. The van der Waals surface area contributed by atoms with Gasteiger partial charge in [0, 0.05) is 30.8 Å². The molecule has 2 aromatic carbocycles. The average Bonchev–Trinajstić information content (AvgIpc) is 3.16. The minimum atomic E-state index is -0.349. The number of anilines is 1. The zero-order valence-electron chi connectivity index (χ0n) is 14.0. The summed E-state index contributed by atoms with van der Waals surface area (Å²) in [7, 11) is 0. The van der Waals surface area contributed by atoms with Crippen molar-refractivity contribution in [2.45, 2.75) is 19.4 Å². The van der Waals surface area contributed by atoms with Gasteiger partial charge in [-0.05, 0) is 36.8 Å². The van der Waals surface area contributed by atoms with Crippen molar-refractivity contribution in [2.24, 2.45) is 5.10 Å². The van der Waals surface area contributed by atoms with Crippen LogP contribution in [0.2, 0.25) is 0 Å². The molecule has 4 nitrogen and oxygen atoms in total. The van der Waals surface area contributed by atoms with Crippen LogP contribution in [0.15, 0.2) is 59.7 Å². The van der Waals surface area contributed by atoms with Gasteiger partial charge in [0.1, 0.15) is 5.82 Å². The molecule has 0 spiro atoms. The molecule has 2 aromatic rings. The lowest BCUT2D eigenvalue weighted by atomic mass is 10.1. The largest absolute Gasteiger partial charge is 0.346 e. The predicted octanol–water partition coefficient (Wildman–Crippen LogP) is 3.91. The van der Waals surface area contributed by atoms with Crippen LogP contribution >= 0.6 is 0 Å². The van der Waals surface area contributed by atoms with E-state index in [-0.39, 0.29) is 17.8 Å². The van der Waals surface area contributed by atoms with Crippen molar-refractivity contribution in [2.75, 3.05) is 11.6 Å². The van der Waals surface area contributed by atoms with E-state index in [1.54, 1.807) is 18.2 Å². The van der Waals surface area contributed by atoms with Crippen LogP contribution in [0.4, 0.5) is 10.1 Å². The molecule has 0 bridgehead atoms. The zero-order chi connectivity index (χ0) is 17.6. The highest BCUT2D eigenvalue weighted by Crippen LogP contribution is 2.22. The molecule has 1 amide bonds. The van der Waals surface area contributed by atoms with Gasteiger partial charge in [-0.3, -0.25) is 9.80 Å². The van der Waals surface area contributed by atoms with E-state index in [0.29, 0.717) is 5.56 Å². The van der Waals surface area contributed by atoms with Crippen molar-refractivity contribution in [3.63, 3.8) is 0 Å². The second kappa shape index (κ2) is 7.75. The first-order chi connectivity index (χ1) is 12.1. The van der Waals surface area contributed by atoms with Gasteiger partial charge in [-0.1, -0.05) is 30.3 Å². The first-order valence-corrected chi connectivity index (χ1v) is 8.26. The number of rotatable bonds is 5. The molecule has 0 saturated heterocycles. The van der Waals surface area contributed by atoms with Crippen LogP contribution in [-0.2, 0) is 4.79 Å². The van der Waals surface area contributed by atoms with Crippen molar-refractivity contribution < 1.29 is 9.18 Å². The first kappa shape index (κ1) is 16.9. The molecule has 0 unspecified atom stereocenters. The van der Waals surface area contributed by atoms with Crippen molar-refractivity contribution >= 4 is 23.9 Å². The maximum atomic E-state index is 13.6. The Bertz CT molecular complexity index is 816. The fourth-order valence-electron chi connectivity index (χ4n) is 2.67.